The van der Waals surface area contributed by atoms with Gasteiger partial charge >= 0.3 is 0 Å². The molecule has 44 heavy (non-hydrogen) atoms. The molecule has 1 aromatic heterocycles. The summed E-state index contributed by atoms with van der Waals surface area (Å²) in [6.07, 6.45) is 4.65. The summed E-state index contributed by atoms with van der Waals surface area (Å²) in [6.45, 7) is 21.3. The van der Waals surface area contributed by atoms with Crippen LogP contribution in [0, 0.1) is 47.0 Å². The Morgan fingerprint density at radius 3 is 2.41 bits per heavy atom. The van der Waals surface area contributed by atoms with Gasteiger partial charge in [-0.1, -0.05) is 51.3 Å². The van der Waals surface area contributed by atoms with Crippen molar-refractivity contribution in [1.29, 1.82) is 0 Å². The molecule has 7 nitrogen and oxygen atoms in total. The molecule has 2 aliphatic carbocycles. The lowest BCUT2D eigenvalue weighted by atomic mass is 9.49. The maximum Gasteiger partial charge on any atom is 0.256 e. The van der Waals surface area contributed by atoms with Gasteiger partial charge < -0.3 is 15.0 Å². The summed E-state index contributed by atoms with van der Waals surface area (Å²) < 4.78 is 6.46. The van der Waals surface area contributed by atoms with Gasteiger partial charge in [-0.3, -0.25) is 9.69 Å². The molecule has 1 N–H and O–H groups in total. The van der Waals surface area contributed by atoms with Crippen LogP contribution < -0.4 is 10.1 Å². The van der Waals surface area contributed by atoms with Gasteiger partial charge in [-0.25, -0.2) is 9.83 Å². The van der Waals surface area contributed by atoms with Crippen LogP contribution in [0.4, 0.5) is 5.69 Å². The van der Waals surface area contributed by atoms with E-state index < -0.39 is 0 Å². The summed E-state index contributed by atoms with van der Waals surface area (Å²) in [6, 6.07) is 9.71. The second kappa shape index (κ2) is 11.1. The second-order valence-electron chi connectivity index (χ2n) is 14.8. The predicted molar refractivity (Wildman–Crippen MR) is 172 cm³/mol. The first-order chi connectivity index (χ1) is 21.1. The number of carbonyl (C=O) groups is 1. The van der Waals surface area contributed by atoms with Crippen LogP contribution in [0.3, 0.4) is 0 Å². The Balaban J connectivity index is 0.988. The van der Waals surface area contributed by atoms with E-state index in [1.165, 1.54) is 39.0 Å². The molecule has 1 aromatic carbocycles. The van der Waals surface area contributed by atoms with Crippen LogP contribution >= 0.6 is 11.6 Å². The van der Waals surface area contributed by atoms with Crippen molar-refractivity contribution in [2.75, 3.05) is 26.2 Å². The molecule has 2 saturated heterocycles. The van der Waals surface area contributed by atoms with Crippen LogP contribution in [0.1, 0.15) is 75.1 Å². The number of hydrogen-bond acceptors (Lipinski definition) is 5. The molecule has 0 bridgehead atoms. The number of ether oxygens (including phenoxy) is 1. The molecular weight excluding hydrogens is 570 g/mol. The zero-order chi connectivity index (χ0) is 30.8. The first-order valence-corrected chi connectivity index (χ1v) is 16.5. The third-order valence-corrected chi connectivity index (χ3v) is 11.5. The Morgan fingerprint density at radius 1 is 1.05 bits per heavy atom. The largest absolute Gasteiger partial charge is 0.489 e. The van der Waals surface area contributed by atoms with Crippen molar-refractivity contribution in [2.24, 2.45) is 28.6 Å². The number of nitrogens with one attached hydrogen (secondary N) is 1. The molecule has 2 aromatic rings. The van der Waals surface area contributed by atoms with Gasteiger partial charge in [-0.05, 0) is 80.8 Å². The van der Waals surface area contributed by atoms with E-state index >= 15 is 0 Å². The quantitative estimate of drug-likeness (QED) is 0.330. The number of hydrogen-bond donors (Lipinski definition) is 1. The van der Waals surface area contributed by atoms with Gasteiger partial charge in [0.1, 0.15) is 17.5 Å². The first-order valence-electron chi connectivity index (χ1n) is 16.2. The Morgan fingerprint density at radius 2 is 1.75 bits per heavy atom. The zero-order valence-corrected chi connectivity index (χ0v) is 27.0. The Labute approximate surface area is 266 Å². The average molecular weight is 612 g/mol. The summed E-state index contributed by atoms with van der Waals surface area (Å²) >= 11 is 6.28. The molecule has 2 atom stereocenters. The Bertz CT molecular complexity index is 1550. The van der Waals surface area contributed by atoms with E-state index in [0.29, 0.717) is 34.5 Å². The monoisotopic (exact) mass is 611 g/mol. The summed E-state index contributed by atoms with van der Waals surface area (Å²) in [5.41, 5.74) is 2.05. The highest BCUT2D eigenvalue weighted by molar-refractivity contribution is 6.33. The normalized spacial score (nSPS) is 31.8. The fourth-order valence-electron chi connectivity index (χ4n) is 9.44. The minimum absolute atomic E-state index is 0.0289. The van der Waals surface area contributed by atoms with Crippen molar-refractivity contribution in [3.8, 4) is 17.6 Å². The second-order valence-corrected chi connectivity index (χ2v) is 15.2. The Hall–Kier alpha value is -3.10. The number of rotatable bonds is 4. The molecule has 4 heterocycles. The van der Waals surface area contributed by atoms with E-state index in [2.05, 4.69) is 54.6 Å². The number of benzene rings is 1. The minimum Gasteiger partial charge on any atom is -0.489 e. The van der Waals surface area contributed by atoms with E-state index in [1.54, 1.807) is 18.2 Å². The number of amides is 1. The molecule has 4 fully saturated rings. The van der Waals surface area contributed by atoms with Gasteiger partial charge in [-0.2, -0.15) is 0 Å². The number of fused-ring (bicyclic) bond motifs is 2. The minimum atomic E-state index is -0.307. The predicted octanol–water partition coefficient (Wildman–Crippen LogP) is 6.19. The molecule has 5 aliphatic rings. The molecule has 2 unspecified atom stereocenters. The maximum absolute atomic E-state index is 13.7. The highest BCUT2D eigenvalue weighted by Crippen LogP contribution is 2.59. The van der Waals surface area contributed by atoms with Crippen molar-refractivity contribution >= 4 is 23.2 Å². The lowest BCUT2D eigenvalue weighted by molar-refractivity contribution is -0.199. The van der Waals surface area contributed by atoms with Crippen LogP contribution in [0.25, 0.3) is 4.85 Å². The molecule has 2 saturated carbocycles. The van der Waals surface area contributed by atoms with Crippen molar-refractivity contribution in [3.05, 3.63) is 63.7 Å². The van der Waals surface area contributed by atoms with E-state index in [-0.39, 0.29) is 28.9 Å². The van der Waals surface area contributed by atoms with E-state index in [1.807, 2.05) is 17.0 Å². The summed E-state index contributed by atoms with van der Waals surface area (Å²) in [4.78, 5) is 26.7. The van der Waals surface area contributed by atoms with Crippen molar-refractivity contribution in [2.45, 2.75) is 78.1 Å². The fraction of sp³-hybridized carbons (Fsp3) is 0.583. The molecule has 8 heteroatoms. The van der Waals surface area contributed by atoms with Gasteiger partial charge in [0.15, 0.2) is 0 Å². The lowest BCUT2D eigenvalue weighted by Crippen LogP contribution is -2.74. The number of pyridine rings is 1. The van der Waals surface area contributed by atoms with E-state index in [0.717, 1.165) is 42.1 Å². The van der Waals surface area contributed by atoms with Crippen molar-refractivity contribution in [3.63, 3.8) is 0 Å². The van der Waals surface area contributed by atoms with Gasteiger partial charge in [0.05, 0.1) is 29.4 Å². The third kappa shape index (κ3) is 4.98. The molecule has 7 rings (SSSR count). The topological polar surface area (TPSA) is 62.1 Å². The summed E-state index contributed by atoms with van der Waals surface area (Å²) in [5, 5.41) is 3.94. The van der Waals surface area contributed by atoms with Crippen LogP contribution in [0.15, 0.2) is 30.3 Å². The average Bonchev–Trinajstić information content (AvgIpc) is 3.69. The molecule has 3 aliphatic heterocycles. The highest BCUT2D eigenvalue weighted by Gasteiger charge is 2.67. The molecule has 230 valence electrons. The number of nitrogens with zero attached hydrogens (tertiary/aromatic N) is 4. The van der Waals surface area contributed by atoms with Crippen LogP contribution in [-0.2, 0) is 6.54 Å². The van der Waals surface area contributed by atoms with Crippen LogP contribution in [0.2, 0.25) is 5.02 Å². The highest BCUT2D eigenvalue weighted by atomic mass is 35.5. The number of aromatic nitrogens is 1. The number of carbonyl (C=O) groups excluding carboxylic acids is 1. The third-order valence-electron chi connectivity index (χ3n) is 11.2. The van der Waals surface area contributed by atoms with Gasteiger partial charge in [-0.15, -0.1) is 0 Å². The van der Waals surface area contributed by atoms with Crippen molar-refractivity contribution in [1.82, 2.24) is 20.1 Å². The van der Waals surface area contributed by atoms with Crippen LogP contribution in [-0.4, -0.2) is 65.1 Å². The lowest BCUT2D eigenvalue weighted by Gasteiger charge is -2.65. The van der Waals surface area contributed by atoms with Crippen molar-refractivity contribution < 1.29 is 9.53 Å². The maximum atomic E-state index is 13.7. The molecule has 1 amide bonds. The SMILES string of the molecule is [C-]#[N+]c1ccc(OC2C(C)(C)C(N3Cc4nc(C#CC5CCC(N6CC7CNCC7C6)CC5)ccc4C3=O)C2(C)C)cc1Cl. The molecule has 0 spiro atoms. The van der Waals surface area contributed by atoms with Gasteiger partial charge in [0.25, 0.3) is 5.91 Å². The zero-order valence-electron chi connectivity index (χ0n) is 26.2. The van der Waals surface area contributed by atoms with Gasteiger partial charge in [0.2, 0.25) is 5.69 Å². The Kier molecular flexibility index (Phi) is 7.44. The summed E-state index contributed by atoms with van der Waals surface area (Å²) in [5.74, 6) is 9.69. The van der Waals surface area contributed by atoms with E-state index in [4.69, 9.17) is 27.9 Å². The molecule has 0 radical (unpaired) electrons. The smallest absolute Gasteiger partial charge is 0.256 e. The van der Waals surface area contributed by atoms with Gasteiger partial charge in [0, 0.05) is 41.9 Å². The molecular formula is C36H42ClN5O2. The number of halogens is 1. The van der Waals surface area contributed by atoms with E-state index in [9.17, 15) is 4.79 Å². The number of likely N-dealkylation sites (tertiary alicyclic amines) is 1. The fourth-order valence-corrected chi connectivity index (χ4v) is 9.65. The first kappa shape index (κ1) is 29.6. The summed E-state index contributed by atoms with van der Waals surface area (Å²) in [7, 11) is 0. The van der Waals surface area contributed by atoms with Crippen LogP contribution in [0.5, 0.6) is 5.75 Å². The standard InChI is InChI=1S/C36H42ClN5O2/c1-35(2)33(36(3,4)34(35)44-27-13-15-30(38-5)29(37)16-27)42-21-31-28(32(42)43)14-10-25(40-31)9-6-22-7-11-26(12-8-22)41-19-23-17-39-18-24(23)20-41/h10,13-16,22-24,26,33-34,39H,7-8,11-12,17-21H2,1-4H3.